The predicted molar refractivity (Wildman–Crippen MR) is 90.6 cm³/mol. The van der Waals surface area contributed by atoms with Crippen LogP contribution in [0.2, 0.25) is 0 Å². The molecule has 0 radical (unpaired) electrons. The van der Waals surface area contributed by atoms with Crippen LogP contribution in [0, 0.1) is 11.7 Å². The molecule has 1 fully saturated rings. The zero-order valence-corrected chi connectivity index (χ0v) is 13.4. The molecular weight excluding hydrogens is 271 g/mol. The van der Waals surface area contributed by atoms with Crippen LogP contribution in [0.5, 0.6) is 0 Å². The van der Waals surface area contributed by atoms with Gasteiger partial charge in [-0.15, -0.1) is 0 Å². The first-order valence-electron chi connectivity index (χ1n) is 8.59. The molecule has 116 valence electrons. The summed E-state index contributed by atoms with van der Waals surface area (Å²) >= 11 is 0. The molecule has 2 aromatic rings. The number of benzene rings is 2. The van der Waals surface area contributed by atoms with Gasteiger partial charge in [-0.05, 0) is 66.3 Å². The molecule has 0 spiro atoms. The van der Waals surface area contributed by atoms with Crippen molar-refractivity contribution in [2.45, 2.75) is 51.4 Å². The van der Waals surface area contributed by atoms with E-state index in [0.717, 1.165) is 12.0 Å². The van der Waals surface area contributed by atoms with E-state index in [2.05, 4.69) is 31.2 Å². The molecule has 3 rings (SSSR count). The van der Waals surface area contributed by atoms with Crippen LogP contribution in [0.3, 0.4) is 0 Å². The third kappa shape index (κ3) is 3.97. The van der Waals surface area contributed by atoms with Crippen LogP contribution in [0.25, 0.3) is 0 Å². The molecule has 1 aliphatic rings. The van der Waals surface area contributed by atoms with Crippen molar-refractivity contribution in [3.8, 4) is 0 Å². The Balaban J connectivity index is 1.53. The Hall–Kier alpha value is -1.63. The minimum Gasteiger partial charge on any atom is -0.207 e. The summed E-state index contributed by atoms with van der Waals surface area (Å²) < 4.78 is 13.2. The summed E-state index contributed by atoms with van der Waals surface area (Å²) in [5.74, 6) is 1.24. The van der Waals surface area contributed by atoms with Crippen LogP contribution in [0.15, 0.2) is 48.5 Å². The molecule has 0 bridgehead atoms. The molecule has 0 N–H and O–H groups in total. The van der Waals surface area contributed by atoms with Gasteiger partial charge in [0.1, 0.15) is 5.82 Å². The van der Waals surface area contributed by atoms with E-state index in [9.17, 15) is 4.39 Å². The van der Waals surface area contributed by atoms with Gasteiger partial charge in [0.25, 0.3) is 0 Å². The Kier molecular flexibility index (Phi) is 4.92. The van der Waals surface area contributed by atoms with Gasteiger partial charge in [0.2, 0.25) is 0 Å². The van der Waals surface area contributed by atoms with Crippen molar-refractivity contribution < 1.29 is 4.39 Å². The maximum Gasteiger partial charge on any atom is 0.123 e. The van der Waals surface area contributed by atoms with Crippen molar-refractivity contribution >= 4 is 0 Å². The number of hydrogen-bond acceptors (Lipinski definition) is 0. The molecule has 2 aromatic carbocycles. The second-order valence-corrected chi connectivity index (χ2v) is 6.64. The lowest BCUT2D eigenvalue weighted by molar-refractivity contribution is 0.623. The fourth-order valence-electron chi connectivity index (χ4n) is 3.36. The number of hydrogen-bond donors (Lipinski definition) is 0. The van der Waals surface area contributed by atoms with Crippen LogP contribution in [0.1, 0.15) is 55.2 Å². The monoisotopic (exact) mass is 296 g/mol. The van der Waals surface area contributed by atoms with E-state index < -0.39 is 0 Å². The Morgan fingerprint density at radius 3 is 2.55 bits per heavy atom. The van der Waals surface area contributed by atoms with E-state index in [1.54, 1.807) is 6.07 Å². The topological polar surface area (TPSA) is 0 Å². The van der Waals surface area contributed by atoms with E-state index in [1.807, 2.05) is 12.1 Å². The van der Waals surface area contributed by atoms with E-state index >= 15 is 0 Å². The van der Waals surface area contributed by atoms with Gasteiger partial charge in [0.15, 0.2) is 0 Å². The molecule has 1 saturated carbocycles. The summed E-state index contributed by atoms with van der Waals surface area (Å²) in [6.07, 6.45) is 7.33. The summed E-state index contributed by atoms with van der Waals surface area (Å²) in [6, 6.07) is 16.2. The zero-order chi connectivity index (χ0) is 15.4. The number of rotatable bonds is 7. The highest BCUT2D eigenvalue weighted by Gasteiger charge is 2.37. The number of unbranched alkanes of at least 4 members (excludes halogenated alkanes) is 2. The molecule has 0 amide bonds. The highest BCUT2D eigenvalue weighted by atomic mass is 19.1. The van der Waals surface area contributed by atoms with E-state index in [0.29, 0.717) is 11.8 Å². The largest absolute Gasteiger partial charge is 0.207 e. The fourth-order valence-corrected chi connectivity index (χ4v) is 3.36. The predicted octanol–water partition coefficient (Wildman–Crippen LogP) is 5.90. The summed E-state index contributed by atoms with van der Waals surface area (Å²) in [5.41, 5.74) is 4.05. The van der Waals surface area contributed by atoms with Gasteiger partial charge in [0, 0.05) is 0 Å². The lowest BCUT2D eigenvalue weighted by atomic mass is 10.0. The van der Waals surface area contributed by atoms with Gasteiger partial charge in [-0.1, -0.05) is 56.2 Å². The third-order valence-corrected chi connectivity index (χ3v) is 4.79. The van der Waals surface area contributed by atoms with Crippen LogP contribution in [-0.4, -0.2) is 0 Å². The van der Waals surface area contributed by atoms with Crippen molar-refractivity contribution in [1.82, 2.24) is 0 Å². The molecule has 0 aromatic heterocycles. The van der Waals surface area contributed by atoms with Crippen LogP contribution in [0.4, 0.5) is 4.39 Å². The van der Waals surface area contributed by atoms with Crippen LogP contribution in [-0.2, 0) is 12.8 Å². The Morgan fingerprint density at radius 1 is 1.00 bits per heavy atom. The number of halogens is 1. The Labute approximate surface area is 133 Å². The van der Waals surface area contributed by atoms with E-state index in [-0.39, 0.29) is 5.82 Å². The molecule has 0 saturated heterocycles. The summed E-state index contributed by atoms with van der Waals surface area (Å²) in [4.78, 5) is 0. The lowest BCUT2D eigenvalue weighted by Gasteiger charge is -2.05. The molecule has 22 heavy (non-hydrogen) atoms. The second-order valence-electron chi connectivity index (χ2n) is 6.64. The minimum atomic E-state index is -0.119. The van der Waals surface area contributed by atoms with Crippen molar-refractivity contribution in [2.24, 2.45) is 5.92 Å². The normalized spacial score (nSPS) is 20.1. The molecule has 0 nitrogen and oxygen atoms in total. The van der Waals surface area contributed by atoms with Gasteiger partial charge in [0.05, 0.1) is 0 Å². The van der Waals surface area contributed by atoms with Crippen LogP contribution < -0.4 is 0 Å². The summed E-state index contributed by atoms with van der Waals surface area (Å²) in [7, 11) is 0. The smallest absolute Gasteiger partial charge is 0.123 e. The van der Waals surface area contributed by atoms with Crippen LogP contribution >= 0.6 is 0 Å². The lowest BCUT2D eigenvalue weighted by Crippen LogP contribution is -1.92. The maximum atomic E-state index is 13.2. The van der Waals surface area contributed by atoms with Gasteiger partial charge >= 0.3 is 0 Å². The SMILES string of the molecule is CCCCCc1ccc(C2CC2Cc2cccc(F)c2)cc1. The molecule has 2 unspecified atom stereocenters. The Bertz CT molecular complexity index is 600. The first-order valence-corrected chi connectivity index (χ1v) is 8.59. The Morgan fingerprint density at radius 2 is 1.82 bits per heavy atom. The summed E-state index contributed by atoms with van der Waals surface area (Å²) in [6.45, 7) is 2.24. The molecule has 1 heteroatoms. The van der Waals surface area contributed by atoms with Crippen molar-refractivity contribution in [1.29, 1.82) is 0 Å². The quantitative estimate of drug-likeness (QED) is 0.558. The fraction of sp³-hybridized carbons (Fsp3) is 0.429. The molecule has 0 aliphatic heterocycles. The van der Waals surface area contributed by atoms with Gasteiger partial charge < -0.3 is 0 Å². The average Bonchev–Trinajstić information content (AvgIpc) is 3.27. The minimum absolute atomic E-state index is 0.119. The molecular formula is C21H25F. The second kappa shape index (κ2) is 7.09. The average molecular weight is 296 g/mol. The first kappa shape index (κ1) is 15.3. The van der Waals surface area contributed by atoms with Gasteiger partial charge in [-0.25, -0.2) is 4.39 Å². The van der Waals surface area contributed by atoms with Crippen molar-refractivity contribution in [3.05, 3.63) is 71.0 Å². The van der Waals surface area contributed by atoms with Gasteiger partial charge in [-0.3, -0.25) is 0 Å². The maximum absolute atomic E-state index is 13.2. The standard InChI is InChI=1S/C21H25F/c1-2-3-4-6-16-9-11-18(12-10-16)21-15-19(21)13-17-7-5-8-20(22)14-17/h5,7-12,14,19,21H,2-4,6,13,15H2,1H3. The molecule has 2 atom stereocenters. The van der Waals surface area contributed by atoms with E-state index in [1.165, 1.54) is 49.3 Å². The van der Waals surface area contributed by atoms with E-state index in [4.69, 9.17) is 0 Å². The third-order valence-electron chi connectivity index (χ3n) is 4.79. The number of aryl methyl sites for hydroxylation is 1. The highest BCUT2D eigenvalue weighted by molar-refractivity contribution is 5.31. The first-order chi connectivity index (χ1) is 10.8. The van der Waals surface area contributed by atoms with Gasteiger partial charge in [-0.2, -0.15) is 0 Å². The highest BCUT2D eigenvalue weighted by Crippen LogP contribution is 2.49. The van der Waals surface area contributed by atoms with Crippen molar-refractivity contribution in [2.75, 3.05) is 0 Å². The summed E-state index contributed by atoms with van der Waals surface area (Å²) in [5, 5.41) is 0. The van der Waals surface area contributed by atoms with Crippen molar-refractivity contribution in [3.63, 3.8) is 0 Å². The molecule has 0 heterocycles. The zero-order valence-electron chi connectivity index (χ0n) is 13.4. The molecule has 1 aliphatic carbocycles.